The first kappa shape index (κ1) is 28.1. The number of ether oxygens (including phenoxy) is 1. The summed E-state index contributed by atoms with van der Waals surface area (Å²) in [5.41, 5.74) is 1.50. The predicted molar refractivity (Wildman–Crippen MR) is 136 cm³/mol. The molecule has 0 radical (unpaired) electrons. The lowest BCUT2D eigenvalue weighted by Gasteiger charge is -2.15. The molecule has 0 saturated heterocycles. The van der Waals surface area contributed by atoms with Crippen molar-refractivity contribution in [2.24, 2.45) is 5.92 Å². The van der Waals surface area contributed by atoms with Gasteiger partial charge >= 0.3 is 11.9 Å². The molecule has 1 aliphatic rings. The van der Waals surface area contributed by atoms with Gasteiger partial charge in [0, 0.05) is 23.7 Å². The zero-order valence-electron chi connectivity index (χ0n) is 20.2. The number of esters is 1. The van der Waals surface area contributed by atoms with Crippen LogP contribution in [-0.2, 0) is 9.53 Å². The number of aliphatic hydroxyl groups excluding tert-OH is 2. The standard InChI is InChI=1S/C27H38O6S/c1-3-4-6-9-21(28)15-16-22-23(29)18-24(26(22)34-17-8-5-7-10-25(30)31)33-27(32)20-13-11-19(2)12-14-20/h11-16,21-23,28-29H,3-10,17-18H2,1-2H3,(H,30,31)/b16-15+/t21-,22-,23+/m0/s1. The Kier molecular flexibility index (Phi) is 12.4. The Morgan fingerprint density at radius 2 is 1.88 bits per heavy atom. The minimum Gasteiger partial charge on any atom is -0.481 e. The third-order valence-corrected chi connectivity index (χ3v) is 7.13. The Morgan fingerprint density at radius 3 is 2.56 bits per heavy atom. The predicted octanol–water partition coefficient (Wildman–Crippen LogP) is 5.62. The van der Waals surface area contributed by atoms with Gasteiger partial charge in [-0.25, -0.2) is 4.79 Å². The van der Waals surface area contributed by atoms with Crippen LogP contribution in [0.25, 0.3) is 0 Å². The molecule has 1 aromatic rings. The van der Waals surface area contributed by atoms with Crippen LogP contribution in [0.2, 0.25) is 0 Å². The van der Waals surface area contributed by atoms with Crippen molar-refractivity contribution < 1.29 is 29.6 Å². The van der Waals surface area contributed by atoms with Gasteiger partial charge in [0.25, 0.3) is 0 Å². The fourth-order valence-electron chi connectivity index (χ4n) is 3.81. The third-order valence-electron chi connectivity index (χ3n) is 5.83. The van der Waals surface area contributed by atoms with Crippen LogP contribution in [-0.4, -0.2) is 45.2 Å². The number of hydrogen-bond donors (Lipinski definition) is 3. The van der Waals surface area contributed by atoms with Crippen molar-refractivity contribution in [3.05, 3.63) is 58.2 Å². The van der Waals surface area contributed by atoms with Crippen LogP contribution < -0.4 is 0 Å². The minimum absolute atomic E-state index is 0.159. The quantitative estimate of drug-likeness (QED) is 0.166. The molecule has 2 rings (SSSR count). The van der Waals surface area contributed by atoms with Crippen LogP contribution in [0.4, 0.5) is 0 Å². The fraction of sp³-hybridized carbons (Fsp3) is 0.556. The molecule has 0 unspecified atom stereocenters. The molecule has 3 atom stereocenters. The van der Waals surface area contributed by atoms with Crippen molar-refractivity contribution in [1.82, 2.24) is 0 Å². The number of rotatable bonds is 15. The topological polar surface area (TPSA) is 104 Å². The maximum atomic E-state index is 12.7. The highest BCUT2D eigenvalue weighted by molar-refractivity contribution is 8.03. The number of aliphatic carboxylic acids is 1. The van der Waals surface area contributed by atoms with Crippen molar-refractivity contribution in [3.63, 3.8) is 0 Å². The number of aliphatic hydroxyl groups is 2. The number of carbonyl (C=O) groups excluding carboxylic acids is 1. The van der Waals surface area contributed by atoms with Gasteiger partial charge in [-0.1, -0.05) is 62.5 Å². The first-order valence-electron chi connectivity index (χ1n) is 12.2. The molecule has 0 aromatic heterocycles. The molecule has 7 heteroatoms. The van der Waals surface area contributed by atoms with Crippen LogP contribution >= 0.6 is 11.8 Å². The summed E-state index contributed by atoms with van der Waals surface area (Å²) in [4.78, 5) is 24.2. The van der Waals surface area contributed by atoms with Gasteiger partial charge in [0.1, 0.15) is 5.76 Å². The molecule has 0 fully saturated rings. The number of unbranched alkanes of at least 4 members (excludes halogenated alkanes) is 4. The van der Waals surface area contributed by atoms with Crippen LogP contribution in [0.3, 0.4) is 0 Å². The summed E-state index contributed by atoms with van der Waals surface area (Å²) in [7, 11) is 0. The van der Waals surface area contributed by atoms with Gasteiger partial charge in [-0.15, -0.1) is 11.8 Å². The van der Waals surface area contributed by atoms with E-state index in [1.807, 2.05) is 25.1 Å². The fourth-order valence-corrected chi connectivity index (χ4v) is 5.09. The monoisotopic (exact) mass is 490 g/mol. The summed E-state index contributed by atoms with van der Waals surface area (Å²) in [6.45, 7) is 4.07. The molecular formula is C27H38O6S. The number of aryl methyl sites for hydroxylation is 1. The Bertz CT molecular complexity index is 845. The third kappa shape index (κ3) is 9.65. The lowest BCUT2D eigenvalue weighted by Crippen LogP contribution is -2.14. The zero-order valence-corrected chi connectivity index (χ0v) is 21.1. The number of hydrogen-bond acceptors (Lipinski definition) is 6. The Balaban J connectivity index is 2.09. The van der Waals surface area contributed by atoms with Crippen molar-refractivity contribution in [2.75, 3.05) is 5.75 Å². The first-order valence-corrected chi connectivity index (χ1v) is 13.2. The number of carboxylic acids is 1. The van der Waals surface area contributed by atoms with Crippen LogP contribution in [0.1, 0.15) is 80.6 Å². The van der Waals surface area contributed by atoms with Crippen LogP contribution in [0, 0.1) is 12.8 Å². The molecule has 0 amide bonds. The van der Waals surface area contributed by atoms with E-state index in [9.17, 15) is 19.8 Å². The summed E-state index contributed by atoms with van der Waals surface area (Å²) in [6, 6.07) is 7.16. The van der Waals surface area contributed by atoms with Crippen molar-refractivity contribution >= 4 is 23.7 Å². The lowest BCUT2D eigenvalue weighted by molar-refractivity contribution is -0.137. The van der Waals surface area contributed by atoms with Gasteiger partial charge in [0.2, 0.25) is 0 Å². The van der Waals surface area contributed by atoms with Gasteiger partial charge in [-0.3, -0.25) is 4.79 Å². The lowest BCUT2D eigenvalue weighted by atomic mass is 10.0. The van der Waals surface area contributed by atoms with E-state index in [4.69, 9.17) is 9.84 Å². The smallest absolute Gasteiger partial charge is 0.343 e. The molecule has 0 spiro atoms. The second-order valence-corrected chi connectivity index (χ2v) is 9.98. The van der Waals surface area contributed by atoms with E-state index in [1.165, 1.54) is 11.8 Å². The Morgan fingerprint density at radius 1 is 1.15 bits per heavy atom. The summed E-state index contributed by atoms with van der Waals surface area (Å²) in [5.74, 6) is -0.376. The Hall–Kier alpha value is -2.09. The minimum atomic E-state index is -0.790. The van der Waals surface area contributed by atoms with Gasteiger partial charge in [0.05, 0.1) is 17.8 Å². The maximum absolute atomic E-state index is 12.7. The maximum Gasteiger partial charge on any atom is 0.343 e. The molecule has 1 aliphatic carbocycles. The normalized spacial score (nSPS) is 19.1. The zero-order chi connectivity index (χ0) is 24.9. The number of benzene rings is 1. The Labute approximate surface area is 207 Å². The second-order valence-electron chi connectivity index (χ2n) is 8.84. The van der Waals surface area contributed by atoms with E-state index in [0.29, 0.717) is 24.2 Å². The molecule has 188 valence electrons. The van der Waals surface area contributed by atoms with Crippen LogP contribution in [0.5, 0.6) is 0 Å². The molecule has 0 aliphatic heterocycles. The first-order chi connectivity index (χ1) is 16.3. The molecular weight excluding hydrogens is 452 g/mol. The number of carboxylic acid groups (broad SMARTS) is 1. The summed E-state index contributed by atoms with van der Waals surface area (Å²) in [5, 5.41) is 29.8. The second kappa shape index (κ2) is 15.0. The van der Waals surface area contributed by atoms with Gasteiger partial charge in [-0.05, 0) is 44.1 Å². The molecule has 0 saturated carbocycles. The SMILES string of the molecule is CCCCC[C@H](O)/C=C/[C@@H]1C(SCCCCCC(=O)O)=C(OC(=O)c2ccc(C)cc2)C[C@H]1O. The van der Waals surface area contributed by atoms with Gasteiger partial charge in [-0.2, -0.15) is 0 Å². The highest BCUT2D eigenvalue weighted by atomic mass is 32.2. The summed E-state index contributed by atoms with van der Waals surface area (Å²) >= 11 is 1.54. The van der Waals surface area contributed by atoms with Gasteiger partial charge in [0.15, 0.2) is 0 Å². The highest BCUT2D eigenvalue weighted by Crippen LogP contribution is 2.42. The largest absolute Gasteiger partial charge is 0.481 e. The number of thioether (sulfide) groups is 1. The van der Waals surface area contributed by atoms with E-state index in [-0.39, 0.29) is 18.8 Å². The van der Waals surface area contributed by atoms with Crippen molar-refractivity contribution in [1.29, 1.82) is 0 Å². The van der Waals surface area contributed by atoms with Gasteiger partial charge < -0.3 is 20.1 Å². The molecule has 0 heterocycles. The van der Waals surface area contributed by atoms with Crippen molar-refractivity contribution in [2.45, 2.75) is 83.8 Å². The van der Waals surface area contributed by atoms with E-state index in [1.54, 1.807) is 18.2 Å². The number of carbonyl (C=O) groups is 2. The molecule has 0 bridgehead atoms. The molecule has 34 heavy (non-hydrogen) atoms. The van der Waals surface area contributed by atoms with E-state index in [2.05, 4.69) is 6.92 Å². The summed E-state index contributed by atoms with van der Waals surface area (Å²) < 4.78 is 5.73. The molecule has 6 nitrogen and oxygen atoms in total. The molecule has 3 N–H and O–H groups in total. The van der Waals surface area contributed by atoms with E-state index in [0.717, 1.165) is 48.3 Å². The van der Waals surface area contributed by atoms with E-state index >= 15 is 0 Å². The average Bonchev–Trinajstić information content (AvgIpc) is 3.08. The van der Waals surface area contributed by atoms with Crippen molar-refractivity contribution in [3.8, 4) is 0 Å². The van der Waals surface area contributed by atoms with Crippen LogP contribution in [0.15, 0.2) is 47.1 Å². The molecule has 1 aromatic carbocycles. The summed E-state index contributed by atoms with van der Waals surface area (Å²) in [6.07, 6.45) is 8.70. The highest BCUT2D eigenvalue weighted by Gasteiger charge is 2.34. The van der Waals surface area contributed by atoms with E-state index < -0.39 is 24.1 Å². The average molecular weight is 491 g/mol.